The van der Waals surface area contributed by atoms with Crippen LogP contribution >= 0.6 is 0 Å². The van der Waals surface area contributed by atoms with Gasteiger partial charge in [0.05, 0.1) is 11.9 Å². The lowest BCUT2D eigenvalue weighted by Gasteiger charge is -2.32. The highest BCUT2D eigenvalue weighted by Gasteiger charge is 2.19. The van der Waals surface area contributed by atoms with E-state index in [0.717, 1.165) is 18.4 Å². The van der Waals surface area contributed by atoms with Gasteiger partial charge >= 0.3 is 0 Å². The molecule has 0 bridgehead atoms. The van der Waals surface area contributed by atoms with Gasteiger partial charge < -0.3 is 4.90 Å². The molecule has 0 saturated carbocycles. The molecule has 112 valence electrons. The van der Waals surface area contributed by atoms with E-state index in [1.807, 2.05) is 24.3 Å². The number of hydrogen-bond acceptors (Lipinski definition) is 3. The monoisotopic (exact) mass is 296 g/mol. The molecule has 4 nitrogen and oxygen atoms in total. The fourth-order valence-electron chi connectivity index (χ4n) is 2.87. The van der Waals surface area contributed by atoms with Crippen molar-refractivity contribution in [1.82, 2.24) is 4.90 Å². The Kier molecular flexibility index (Phi) is 5.05. The number of piperidine rings is 1. The molecule has 1 aliphatic heterocycles. The van der Waals surface area contributed by atoms with E-state index in [1.54, 1.807) is 0 Å². The predicted molar refractivity (Wildman–Crippen MR) is 83.5 cm³/mol. The fraction of sp³-hybridized carbons (Fsp3) is 0.600. The first-order chi connectivity index (χ1) is 9.46. The van der Waals surface area contributed by atoms with Gasteiger partial charge in [0, 0.05) is 6.04 Å². The van der Waals surface area contributed by atoms with Gasteiger partial charge in [-0.1, -0.05) is 24.6 Å². The van der Waals surface area contributed by atoms with Gasteiger partial charge in [0.1, 0.15) is 0 Å². The van der Waals surface area contributed by atoms with Crippen molar-refractivity contribution in [3.05, 3.63) is 29.8 Å². The van der Waals surface area contributed by atoms with Crippen molar-refractivity contribution in [3.63, 3.8) is 0 Å². The first-order valence-electron chi connectivity index (χ1n) is 7.21. The molecule has 0 radical (unpaired) electrons. The molecule has 1 saturated heterocycles. The molecule has 20 heavy (non-hydrogen) atoms. The number of anilines is 1. The van der Waals surface area contributed by atoms with Crippen LogP contribution in [0.25, 0.3) is 0 Å². The summed E-state index contributed by atoms with van der Waals surface area (Å²) in [5, 5.41) is 0. The van der Waals surface area contributed by atoms with Crippen molar-refractivity contribution >= 4 is 15.7 Å². The maximum absolute atomic E-state index is 11.4. The van der Waals surface area contributed by atoms with Gasteiger partial charge in [-0.25, -0.2) is 8.42 Å². The van der Waals surface area contributed by atoms with Gasteiger partial charge in [0.25, 0.3) is 0 Å². The normalized spacial score (nSPS) is 20.8. The molecular weight excluding hydrogens is 272 g/mol. The van der Waals surface area contributed by atoms with Crippen molar-refractivity contribution in [2.45, 2.75) is 38.1 Å². The zero-order chi connectivity index (χ0) is 14.6. The first kappa shape index (κ1) is 15.3. The summed E-state index contributed by atoms with van der Waals surface area (Å²) in [4.78, 5) is 2.43. The van der Waals surface area contributed by atoms with Gasteiger partial charge in [-0.3, -0.25) is 4.72 Å². The largest absolute Gasteiger partial charge is 0.303 e. The third kappa shape index (κ3) is 4.49. The van der Waals surface area contributed by atoms with Crippen LogP contribution < -0.4 is 4.72 Å². The van der Waals surface area contributed by atoms with Crippen molar-refractivity contribution in [2.24, 2.45) is 0 Å². The summed E-state index contributed by atoms with van der Waals surface area (Å²) < 4.78 is 25.4. The first-order valence-corrected chi connectivity index (χ1v) is 9.11. The maximum atomic E-state index is 11.4. The Labute approximate surface area is 122 Å². The SMILES string of the molecule is CN1CCCCC1CCc1ccccc1NS(C)(=O)=O. The molecule has 0 aromatic heterocycles. The van der Waals surface area contributed by atoms with Crippen LogP contribution in [0.5, 0.6) is 0 Å². The van der Waals surface area contributed by atoms with Crippen LogP contribution in [0.2, 0.25) is 0 Å². The zero-order valence-electron chi connectivity index (χ0n) is 12.3. The average molecular weight is 296 g/mol. The summed E-state index contributed by atoms with van der Waals surface area (Å²) >= 11 is 0. The number of nitrogens with one attached hydrogen (secondary N) is 1. The third-order valence-electron chi connectivity index (χ3n) is 3.98. The Bertz CT molecular complexity index is 543. The Morgan fingerprint density at radius 1 is 1.30 bits per heavy atom. The minimum Gasteiger partial charge on any atom is -0.303 e. The summed E-state index contributed by atoms with van der Waals surface area (Å²) in [6, 6.07) is 8.30. The molecule has 1 N–H and O–H groups in total. The summed E-state index contributed by atoms with van der Waals surface area (Å²) in [6.45, 7) is 1.17. The highest BCUT2D eigenvalue weighted by Crippen LogP contribution is 2.23. The van der Waals surface area contributed by atoms with E-state index in [1.165, 1.54) is 32.1 Å². The van der Waals surface area contributed by atoms with Crippen LogP contribution in [-0.4, -0.2) is 39.2 Å². The zero-order valence-corrected chi connectivity index (χ0v) is 13.1. The van der Waals surface area contributed by atoms with Crippen molar-refractivity contribution in [3.8, 4) is 0 Å². The average Bonchev–Trinajstić information content (AvgIpc) is 2.37. The lowest BCUT2D eigenvalue weighted by molar-refractivity contribution is 0.176. The van der Waals surface area contributed by atoms with E-state index in [4.69, 9.17) is 0 Å². The molecule has 1 fully saturated rings. The summed E-state index contributed by atoms with van der Waals surface area (Å²) in [6.07, 6.45) is 7.03. The molecule has 1 heterocycles. The van der Waals surface area contributed by atoms with Crippen LogP contribution in [0, 0.1) is 0 Å². The number of hydrogen-bond donors (Lipinski definition) is 1. The van der Waals surface area contributed by atoms with Gasteiger partial charge in [-0.05, 0) is 50.9 Å². The van der Waals surface area contributed by atoms with Crippen LogP contribution in [-0.2, 0) is 16.4 Å². The molecule has 1 aromatic rings. The standard InChI is InChI=1S/C15H24N2O2S/c1-17-12-6-5-8-14(17)11-10-13-7-3-4-9-15(13)16-20(2,18)19/h3-4,7,9,14,16H,5-6,8,10-12H2,1-2H3. The number of para-hydroxylation sites is 1. The second kappa shape index (κ2) is 6.59. The summed E-state index contributed by atoms with van der Waals surface area (Å²) in [7, 11) is -1.03. The smallest absolute Gasteiger partial charge is 0.229 e. The lowest BCUT2D eigenvalue weighted by Crippen LogP contribution is -2.36. The van der Waals surface area contributed by atoms with Crippen molar-refractivity contribution in [1.29, 1.82) is 0 Å². The third-order valence-corrected chi connectivity index (χ3v) is 4.57. The molecule has 1 aliphatic rings. The van der Waals surface area contributed by atoms with Crippen LogP contribution in [0.3, 0.4) is 0 Å². The fourth-order valence-corrected chi connectivity index (χ4v) is 3.47. The molecule has 1 atom stereocenters. The summed E-state index contributed by atoms with van der Waals surface area (Å²) in [5.74, 6) is 0. The molecule has 0 aliphatic carbocycles. The maximum Gasteiger partial charge on any atom is 0.229 e. The van der Waals surface area contributed by atoms with E-state index >= 15 is 0 Å². The molecule has 0 spiro atoms. The number of aryl methyl sites for hydroxylation is 1. The highest BCUT2D eigenvalue weighted by atomic mass is 32.2. The van der Waals surface area contributed by atoms with Gasteiger partial charge in [0.15, 0.2) is 0 Å². The predicted octanol–water partition coefficient (Wildman–Crippen LogP) is 2.48. The van der Waals surface area contributed by atoms with Crippen molar-refractivity contribution in [2.75, 3.05) is 24.6 Å². The quantitative estimate of drug-likeness (QED) is 0.908. The molecule has 2 rings (SSSR count). The Morgan fingerprint density at radius 2 is 2.05 bits per heavy atom. The van der Waals surface area contributed by atoms with Crippen molar-refractivity contribution < 1.29 is 8.42 Å². The Hall–Kier alpha value is -1.07. The van der Waals surface area contributed by atoms with Gasteiger partial charge in [0.2, 0.25) is 10.0 Å². The Morgan fingerprint density at radius 3 is 2.75 bits per heavy atom. The number of rotatable bonds is 5. The van der Waals surface area contributed by atoms with E-state index < -0.39 is 10.0 Å². The highest BCUT2D eigenvalue weighted by molar-refractivity contribution is 7.92. The number of nitrogens with zero attached hydrogens (tertiary/aromatic N) is 1. The second-order valence-corrected chi connectivity index (χ2v) is 7.45. The molecule has 1 unspecified atom stereocenters. The van der Waals surface area contributed by atoms with Gasteiger partial charge in [-0.2, -0.15) is 0 Å². The van der Waals surface area contributed by atoms with E-state index in [0.29, 0.717) is 11.7 Å². The lowest BCUT2D eigenvalue weighted by atomic mass is 9.96. The van der Waals surface area contributed by atoms with E-state index in [2.05, 4.69) is 16.7 Å². The molecule has 0 amide bonds. The number of likely N-dealkylation sites (tertiary alicyclic amines) is 1. The van der Waals surface area contributed by atoms with Crippen LogP contribution in [0.1, 0.15) is 31.2 Å². The minimum absolute atomic E-state index is 0.620. The molecular formula is C15H24N2O2S. The van der Waals surface area contributed by atoms with Crippen LogP contribution in [0.4, 0.5) is 5.69 Å². The van der Waals surface area contributed by atoms with E-state index in [-0.39, 0.29) is 0 Å². The van der Waals surface area contributed by atoms with Gasteiger partial charge in [-0.15, -0.1) is 0 Å². The van der Waals surface area contributed by atoms with E-state index in [9.17, 15) is 8.42 Å². The number of benzene rings is 1. The Balaban J connectivity index is 2.02. The summed E-state index contributed by atoms with van der Waals surface area (Å²) in [5.41, 5.74) is 1.80. The number of sulfonamides is 1. The molecule has 5 heteroatoms. The minimum atomic E-state index is -3.21. The van der Waals surface area contributed by atoms with Crippen LogP contribution in [0.15, 0.2) is 24.3 Å². The second-order valence-electron chi connectivity index (χ2n) is 5.70. The molecule has 1 aromatic carbocycles. The topological polar surface area (TPSA) is 49.4 Å².